The highest BCUT2D eigenvalue weighted by Crippen LogP contribution is 2.14. The van der Waals surface area contributed by atoms with Gasteiger partial charge >= 0.3 is 0 Å². The minimum Gasteiger partial charge on any atom is -0.346 e. The summed E-state index contributed by atoms with van der Waals surface area (Å²) in [7, 11) is 5.60. The molecule has 2 rings (SSSR count). The Morgan fingerprint density at radius 1 is 1.50 bits per heavy atom. The van der Waals surface area contributed by atoms with Crippen LogP contribution in [0.15, 0.2) is 6.20 Å². The van der Waals surface area contributed by atoms with Gasteiger partial charge in [-0.3, -0.25) is 0 Å². The summed E-state index contributed by atoms with van der Waals surface area (Å²) in [5.74, 6) is 0. The lowest BCUT2D eigenvalue weighted by Crippen LogP contribution is -2.43. The maximum Gasteiger partial charge on any atom is 0.184 e. The van der Waals surface area contributed by atoms with Crippen LogP contribution in [0.25, 0.3) is 0 Å². The Morgan fingerprint density at radius 2 is 2.25 bits per heavy atom. The van der Waals surface area contributed by atoms with Gasteiger partial charge in [-0.15, -0.1) is 11.3 Å². The summed E-state index contributed by atoms with van der Waals surface area (Å²) in [5.41, 5.74) is 0. The number of nitrogens with zero attached hydrogens (tertiary/aromatic N) is 2. The Bertz CT molecular complexity index is 257. The number of aromatic nitrogens is 1. The predicted molar refractivity (Wildman–Crippen MR) is 52.6 cm³/mol. The Labute approximate surface area is 77.2 Å². The molecular weight excluding hydrogens is 169 g/mol. The number of rotatable bonds is 1. The van der Waals surface area contributed by atoms with Crippen LogP contribution < -0.4 is 15.0 Å². The van der Waals surface area contributed by atoms with Crippen molar-refractivity contribution in [3.8, 4) is 0 Å². The molecule has 1 aromatic heterocycles. The number of thiazole rings is 1. The summed E-state index contributed by atoms with van der Waals surface area (Å²) in [5, 5.41) is 4.35. The quantitative estimate of drug-likeness (QED) is 0.580. The van der Waals surface area contributed by atoms with Crippen molar-refractivity contribution < 1.29 is 0 Å². The zero-order valence-electron chi connectivity index (χ0n) is 6.79. The van der Waals surface area contributed by atoms with Gasteiger partial charge in [-0.2, -0.15) is 0 Å². The molecule has 0 spiro atoms. The highest BCUT2D eigenvalue weighted by atomic mass is 32.1. The molecule has 1 aliphatic rings. The van der Waals surface area contributed by atoms with E-state index in [1.807, 2.05) is 0 Å². The van der Waals surface area contributed by atoms with E-state index in [1.54, 1.807) is 17.5 Å². The van der Waals surface area contributed by atoms with Crippen LogP contribution in [0.2, 0.25) is 0 Å². The SMILES string of the molecule is [B]c1cnc(N2CCNCC2)s1. The van der Waals surface area contributed by atoms with Gasteiger partial charge in [0.15, 0.2) is 5.13 Å². The van der Waals surface area contributed by atoms with Crippen molar-refractivity contribution in [2.24, 2.45) is 0 Å². The zero-order valence-corrected chi connectivity index (χ0v) is 7.60. The Balaban J connectivity index is 2.08. The van der Waals surface area contributed by atoms with Crippen LogP contribution in [0.5, 0.6) is 0 Å². The molecule has 0 aliphatic carbocycles. The standard InChI is InChI=1S/C7H10BN3S/c8-6-5-10-7(12-6)11-3-1-9-2-4-11/h5,9H,1-4H2. The summed E-state index contributed by atoms with van der Waals surface area (Å²) >= 11 is 1.56. The molecule has 5 heteroatoms. The first-order chi connectivity index (χ1) is 5.86. The van der Waals surface area contributed by atoms with Crippen molar-refractivity contribution in [2.45, 2.75) is 0 Å². The maximum atomic E-state index is 5.60. The molecule has 0 atom stereocenters. The monoisotopic (exact) mass is 179 g/mol. The van der Waals surface area contributed by atoms with Gasteiger partial charge in [0.05, 0.1) is 0 Å². The van der Waals surface area contributed by atoms with E-state index in [4.69, 9.17) is 7.85 Å². The number of anilines is 1. The highest BCUT2D eigenvalue weighted by molar-refractivity contribution is 7.23. The first-order valence-corrected chi connectivity index (χ1v) is 4.85. The second-order valence-electron chi connectivity index (χ2n) is 2.78. The number of hydrogen-bond acceptors (Lipinski definition) is 4. The molecule has 1 fully saturated rings. The van der Waals surface area contributed by atoms with Gasteiger partial charge in [-0.05, 0) is 4.78 Å². The van der Waals surface area contributed by atoms with Gasteiger partial charge in [0.1, 0.15) is 7.85 Å². The minimum absolute atomic E-state index is 0.795. The van der Waals surface area contributed by atoms with E-state index in [0.717, 1.165) is 36.1 Å². The molecule has 2 heterocycles. The number of nitrogens with one attached hydrogen (secondary N) is 1. The molecule has 0 unspecified atom stereocenters. The van der Waals surface area contributed by atoms with Crippen LogP contribution in [-0.4, -0.2) is 39.0 Å². The van der Waals surface area contributed by atoms with Gasteiger partial charge < -0.3 is 10.2 Å². The van der Waals surface area contributed by atoms with Gasteiger partial charge in [-0.1, -0.05) is 0 Å². The third-order valence-corrected chi connectivity index (χ3v) is 2.79. The molecule has 0 saturated carbocycles. The van der Waals surface area contributed by atoms with Crippen LogP contribution in [-0.2, 0) is 0 Å². The second-order valence-corrected chi connectivity index (χ2v) is 3.82. The summed E-state index contributed by atoms with van der Waals surface area (Å²) in [4.78, 5) is 6.49. The van der Waals surface area contributed by atoms with E-state index in [-0.39, 0.29) is 0 Å². The summed E-state index contributed by atoms with van der Waals surface area (Å²) in [6, 6.07) is 0. The van der Waals surface area contributed by atoms with Gasteiger partial charge in [0.25, 0.3) is 0 Å². The summed E-state index contributed by atoms with van der Waals surface area (Å²) in [6.45, 7) is 4.15. The molecule has 0 aromatic carbocycles. The van der Waals surface area contributed by atoms with E-state index in [2.05, 4.69) is 15.2 Å². The van der Waals surface area contributed by atoms with Crippen molar-refractivity contribution in [3.05, 3.63) is 6.20 Å². The van der Waals surface area contributed by atoms with E-state index in [1.165, 1.54) is 0 Å². The van der Waals surface area contributed by atoms with E-state index >= 15 is 0 Å². The van der Waals surface area contributed by atoms with Crippen molar-refractivity contribution in [1.82, 2.24) is 10.3 Å². The first-order valence-electron chi connectivity index (χ1n) is 4.03. The third kappa shape index (κ3) is 1.62. The highest BCUT2D eigenvalue weighted by Gasteiger charge is 2.12. The Kier molecular flexibility index (Phi) is 2.32. The zero-order chi connectivity index (χ0) is 8.39. The Morgan fingerprint density at radius 3 is 2.83 bits per heavy atom. The fraction of sp³-hybridized carbons (Fsp3) is 0.571. The molecular formula is C7H10BN3S. The molecule has 2 radical (unpaired) electrons. The van der Waals surface area contributed by atoms with Gasteiger partial charge in [0, 0.05) is 32.4 Å². The molecule has 1 aromatic rings. The number of piperazine rings is 1. The second kappa shape index (κ2) is 3.45. The summed E-state index contributed by atoms with van der Waals surface area (Å²) in [6.07, 6.45) is 1.72. The molecule has 3 nitrogen and oxygen atoms in total. The van der Waals surface area contributed by atoms with Crippen LogP contribution in [0, 0.1) is 0 Å². The number of hydrogen-bond donors (Lipinski definition) is 1. The lowest BCUT2D eigenvalue weighted by atomic mass is 10.1. The first kappa shape index (κ1) is 8.07. The predicted octanol–water partition coefficient (Wildman–Crippen LogP) is -0.653. The van der Waals surface area contributed by atoms with Crippen LogP contribution in [0.3, 0.4) is 0 Å². The topological polar surface area (TPSA) is 28.2 Å². The lowest BCUT2D eigenvalue weighted by molar-refractivity contribution is 0.588. The van der Waals surface area contributed by atoms with Crippen LogP contribution in [0.1, 0.15) is 0 Å². The molecule has 1 saturated heterocycles. The van der Waals surface area contributed by atoms with Gasteiger partial charge in [0.2, 0.25) is 0 Å². The third-order valence-electron chi connectivity index (χ3n) is 1.90. The Hall–Kier alpha value is -0.545. The van der Waals surface area contributed by atoms with E-state index in [0.29, 0.717) is 0 Å². The van der Waals surface area contributed by atoms with Crippen molar-refractivity contribution in [1.29, 1.82) is 0 Å². The van der Waals surface area contributed by atoms with Crippen LogP contribution >= 0.6 is 11.3 Å². The summed E-state index contributed by atoms with van der Waals surface area (Å²) < 4.78 is 0.795. The molecule has 12 heavy (non-hydrogen) atoms. The minimum atomic E-state index is 0.795. The molecule has 1 aliphatic heterocycles. The average Bonchev–Trinajstić information content (AvgIpc) is 2.54. The smallest absolute Gasteiger partial charge is 0.184 e. The molecule has 0 amide bonds. The largest absolute Gasteiger partial charge is 0.346 e. The van der Waals surface area contributed by atoms with E-state index < -0.39 is 0 Å². The normalized spacial score (nSPS) is 18.2. The van der Waals surface area contributed by atoms with Crippen molar-refractivity contribution in [2.75, 3.05) is 31.1 Å². The molecule has 1 N–H and O–H groups in total. The molecule has 62 valence electrons. The average molecular weight is 179 g/mol. The van der Waals surface area contributed by atoms with Crippen LogP contribution in [0.4, 0.5) is 5.13 Å². The molecule has 0 bridgehead atoms. The lowest BCUT2D eigenvalue weighted by Gasteiger charge is -2.26. The fourth-order valence-electron chi connectivity index (χ4n) is 1.28. The fourth-order valence-corrected chi connectivity index (χ4v) is 2.01. The van der Waals surface area contributed by atoms with E-state index in [9.17, 15) is 0 Å². The van der Waals surface area contributed by atoms with Crippen molar-refractivity contribution in [3.63, 3.8) is 0 Å². The van der Waals surface area contributed by atoms with Gasteiger partial charge in [-0.25, -0.2) is 4.98 Å². The maximum absolute atomic E-state index is 5.60. The van der Waals surface area contributed by atoms with Crippen molar-refractivity contribution >= 4 is 29.1 Å².